The monoisotopic (exact) mass is 565 g/mol. The van der Waals surface area contributed by atoms with E-state index in [4.69, 9.17) is 9.97 Å². The Kier molecular flexibility index (Phi) is 10.8. The fourth-order valence-electron chi connectivity index (χ4n) is 5.91. The molecule has 0 radical (unpaired) electrons. The normalized spacial score (nSPS) is 23.5. The first-order valence-corrected chi connectivity index (χ1v) is 16.1. The van der Waals surface area contributed by atoms with Gasteiger partial charge < -0.3 is 14.7 Å². The Balaban J connectivity index is 0.000000691. The van der Waals surface area contributed by atoms with Crippen LogP contribution >= 0.6 is 11.8 Å². The number of thioether (sulfide) groups is 1. The summed E-state index contributed by atoms with van der Waals surface area (Å²) in [5.74, 6) is 4.05. The van der Waals surface area contributed by atoms with Gasteiger partial charge in [-0.1, -0.05) is 48.0 Å². The van der Waals surface area contributed by atoms with E-state index in [0.717, 1.165) is 68.6 Å². The maximum Gasteiger partial charge on any atom is 0.238 e. The van der Waals surface area contributed by atoms with E-state index in [-0.39, 0.29) is 22.1 Å². The summed E-state index contributed by atoms with van der Waals surface area (Å²) in [4.78, 5) is 33.9. The molecule has 2 atom stereocenters. The summed E-state index contributed by atoms with van der Waals surface area (Å²) in [6, 6.07) is 5.93. The standard InChI is InChI=1S/C25H29N7OS.3C2H6/c1-17-14-30(9-10-31(17)23(33)24(2)7-11-34-24)21-20-22(29-16-28-21)32(15-25(20)5-3-6-25)19-12-18(13-26)4-8-27-19;3*1-2/h4,8,12,16-17H,3,5-7,9-11,14-15H2,1-2H3;3*1-2H3. The number of nitrogens with zero attached hydrogens (tertiary/aromatic N) is 7. The van der Waals surface area contributed by atoms with Crippen LogP contribution in [0.4, 0.5) is 17.5 Å². The number of piperazine rings is 1. The zero-order valence-corrected chi connectivity index (χ0v) is 26.5. The summed E-state index contributed by atoms with van der Waals surface area (Å²) in [6.45, 7) is 19.3. The number of anilines is 3. The Bertz CT molecular complexity index is 1190. The summed E-state index contributed by atoms with van der Waals surface area (Å²) in [5.41, 5.74) is 1.85. The molecular weight excluding hydrogens is 518 g/mol. The van der Waals surface area contributed by atoms with Gasteiger partial charge in [0.2, 0.25) is 5.91 Å². The molecule has 3 fully saturated rings. The molecule has 1 amide bonds. The Morgan fingerprint density at radius 2 is 1.73 bits per heavy atom. The molecule has 40 heavy (non-hydrogen) atoms. The van der Waals surface area contributed by atoms with Gasteiger partial charge in [-0.05, 0) is 51.0 Å². The molecule has 2 aromatic rings. The second-order valence-corrected chi connectivity index (χ2v) is 11.9. The van der Waals surface area contributed by atoms with Gasteiger partial charge in [-0.3, -0.25) is 4.79 Å². The van der Waals surface area contributed by atoms with E-state index in [1.54, 1.807) is 30.4 Å². The fourth-order valence-corrected chi connectivity index (χ4v) is 6.97. The topological polar surface area (TPSA) is 89.2 Å². The van der Waals surface area contributed by atoms with Crippen LogP contribution in [-0.2, 0) is 10.2 Å². The Morgan fingerprint density at radius 1 is 1.05 bits per heavy atom. The van der Waals surface area contributed by atoms with Crippen molar-refractivity contribution in [3.05, 3.63) is 35.8 Å². The highest BCUT2D eigenvalue weighted by molar-refractivity contribution is 8.02. The summed E-state index contributed by atoms with van der Waals surface area (Å²) < 4.78 is -0.242. The lowest BCUT2D eigenvalue weighted by atomic mass is 9.66. The van der Waals surface area contributed by atoms with Crippen molar-refractivity contribution >= 4 is 35.1 Å². The number of fused-ring (bicyclic) bond motifs is 2. The van der Waals surface area contributed by atoms with Crippen molar-refractivity contribution < 1.29 is 4.79 Å². The number of aromatic nitrogens is 3. The Morgan fingerprint density at radius 3 is 2.27 bits per heavy atom. The number of amides is 1. The highest BCUT2D eigenvalue weighted by Gasteiger charge is 2.52. The van der Waals surface area contributed by atoms with E-state index in [9.17, 15) is 10.1 Å². The molecular formula is C31H47N7OS. The van der Waals surface area contributed by atoms with Crippen molar-refractivity contribution in [2.75, 3.05) is 41.7 Å². The van der Waals surface area contributed by atoms with Crippen LogP contribution in [0.15, 0.2) is 24.7 Å². The molecule has 2 unspecified atom stereocenters. The van der Waals surface area contributed by atoms with Crippen molar-refractivity contribution in [3.8, 4) is 6.07 Å². The van der Waals surface area contributed by atoms with Crippen molar-refractivity contribution in [1.29, 1.82) is 5.26 Å². The average molecular weight is 566 g/mol. The summed E-state index contributed by atoms with van der Waals surface area (Å²) in [6.07, 6.45) is 7.74. The number of hydrogen-bond donors (Lipinski definition) is 0. The first-order valence-electron chi connectivity index (χ1n) is 15.1. The average Bonchev–Trinajstić information content (AvgIpc) is 3.35. The van der Waals surface area contributed by atoms with Crippen LogP contribution in [0, 0.1) is 11.3 Å². The van der Waals surface area contributed by atoms with Gasteiger partial charge in [0.1, 0.15) is 23.8 Å². The van der Waals surface area contributed by atoms with Gasteiger partial charge in [-0.15, -0.1) is 11.8 Å². The van der Waals surface area contributed by atoms with Crippen LogP contribution < -0.4 is 9.80 Å². The van der Waals surface area contributed by atoms with E-state index in [1.807, 2.05) is 47.6 Å². The van der Waals surface area contributed by atoms with Crippen LogP contribution in [-0.4, -0.2) is 68.5 Å². The van der Waals surface area contributed by atoms with Crippen LogP contribution in [0.1, 0.15) is 92.2 Å². The summed E-state index contributed by atoms with van der Waals surface area (Å²) in [5, 5.41) is 9.37. The second-order valence-electron chi connectivity index (χ2n) is 10.3. The highest BCUT2D eigenvalue weighted by atomic mass is 32.2. The zero-order valence-electron chi connectivity index (χ0n) is 25.7. The van der Waals surface area contributed by atoms with E-state index < -0.39 is 0 Å². The lowest BCUT2D eigenvalue weighted by Crippen LogP contribution is -2.60. The maximum absolute atomic E-state index is 13.2. The molecule has 2 saturated heterocycles. The van der Waals surface area contributed by atoms with E-state index in [2.05, 4.69) is 39.6 Å². The highest BCUT2D eigenvalue weighted by Crippen LogP contribution is 2.56. The van der Waals surface area contributed by atoms with Crippen LogP contribution in [0.2, 0.25) is 0 Å². The Labute approximate surface area is 245 Å². The molecule has 0 N–H and O–H groups in total. The predicted molar refractivity (Wildman–Crippen MR) is 166 cm³/mol. The van der Waals surface area contributed by atoms with Crippen molar-refractivity contribution in [2.45, 2.75) is 97.3 Å². The minimum Gasteiger partial charge on any atom is -0.352 e. The molecule has 1 aliphatic carbocycles. The molecule has 1 spiro atoms. The van der Waals surface area contributed by atoms with Gasteiger partial charge in [0, 0.05) is 49.4 Å². The maximum atomic E-state index is 13.2. The van der Waals surface area contributed by atoms with Crippen LogP contribution in [0.5, 0.6) is 0 Å². The molecule has 2 aromatic heterocycles. The smallest absolute Gasteiger partial charge is 0.238 e. The molecule has 0 aromatic carbocycles. The molecule has 1 saturated carbocycles. The quantitative estimate of drug-likeness (QED) is 0.427. The number of nitriles is 1. The number of hydrogen-bond acceptors (Lipinski definition) is 8. The lowest BCUT2D eigenvalue weighted by molar-refractivity contribution is -0.136. The lowest BCUT2D eigenvalue weighted by Gasteiger charge is -2.47. The van der Waals surface area contributed by atoms with Crippen molar-refractivity contribution in [1.82, 2.24) is 19.9 Å². The van der Waals surface area contributed by atoms with Crippen molar-refractivity contribution in [2.24, 2.45) is 0 Å². The van der Waals surface area contributed by atoms with Crippen molar-refractivity contribution in [3.63, 3.8) is 0 Å². The van der Waals surface area contributed by atoms with Crippen LogP contribution in [0.25, 0.3) is 0 Å². The number of rotatable bonds is 3. The summed E-state index contributed by atoms with van der Waals surface area (Å²) >= 11 is 1.78. The molecule has 218 valence electrons. The van der Waals surface area contributed by atoms with E-state index in [1.165, 1.54) is 12.0 Å². The molecule has 3 aliphatic heterocycles. The number of carbonyl (C=O) groups is 1. The zero-order chi connectivity index (χ0) is 29.5. The third kappa shape index (κ3) is 5.65. The number of carbonyl (C=O) groups excluding carboxylic acids is 1. The third-order valence-corrected chi connectivity index (χ3v) is 9.58. The van der Waals surface area contributed by atoms with Gasteiger partial charge in [-0.25, -0.2) is 15.0 Å². The third-order valence-electron chi connectivity index (χ3n) is 8.16. The van der Waals surface area contributed by atoms with Gasteiger partial charge in [0.15, 0.2) is 0 Å². The fraction of sp³-hybridized carbons (Fsp3) is 0.645. The Hall–Kier alpha value is -2.86. The summed E-state index contributed by atoms with van der Waals surface area (Å²) in [7, 11) is 0. The van der Waals surface area contributed by atoms with Gasteiger partial charge in [-0.2, -0.15) is 5.26 Å². The molecule has 9 heteroatoms. The first-order chi connectivity index (χ1) is 19.4. The molecule has 0 bridgehead atoms. The molecule has 8 nitrogen and oxygen atoms in total. The largest absolute Gasteiger partial charge is 0.352 e. The first kappa shape index (κ1) is 31.7. The van der Waals surface area contributed by atoms with Crippen LogP contribution in [0.3, 0.4) is 0 Å². The SMILES string of the molecule is CC.CC.CC.CC1CN(c2ncnc3c2C2(CCC2)CN3c2cc(C#N)ccn2)CCN1C(=O)C1(C)CCS1. The van der Waals surface area contributed by atoms with Gasteiger partial charge in [0.25, 0.3) is 0 Å². The van der Waals surface area contributed by atoms with E-state index >= 15 is 0 Å². The van der Waals surface area contributed by atoms with E-state index in [0.29, 0.717) is 5.56 Å². The van der Waals surface area contributed by atoms with Gasteiger partial charge in [0.05, 0.1) is 16.4 Å². The second kappa shape index (κ2) is 13.7. The number of pyridine rings is 1. The minimum absolute atomic E-state index is 0.0303. The van der Waals surface area contributed by atoms with Gasteiger partial charge >= 0.3 is 0 Å². The molecule has 5 heterocycles. The molecule has 4 aliphatic rings. The minimum atomic E-state index is -0.242. The molecule has 6 rings (SSSR count). The predicted octanol–water partition coefficient (Wildman–Crippen LogP) is 6.33.